The first-order valence-electron chi connectivity index (χ1n) is 18.0. The van der Waals surface area contributed by atoms with Gasteiger partial charge in [0.15, 0.2) is 0 Å². The Bertz CT molecular complexity index is 2360. The molecule has 0 amide bonds. The van der Waals surface area contributed by atoms with Crippen LogP contribution in [0.4, 0.5) is 0 Å². The van der Waals surface area contributed by atoms with Crippen molar-refractivity contribution >= 4 is 0 Å². The Labute approximate surface area is 309 Å². The molecule has 3 N–H and O–H groups in total. The number of phenols is 1. The first-order chi connectivity index (χ1) is 26.1. The van der Waals surface area contributed by atoms with Crippen LogP contribution in [-0.2, 0) is 10.8 Å². The zero-order chi connectivity index (χ0) is 36.0. The highest BCUT2D eigenvalue weighted by Crippen LogP contribution is 2.61. The Kier molecular flexibility index (Phi) is 8.11. The van der Waals surface area contributed by atoms with Gasteiger partial charge < -0.3 is 24.8 Å². The standard InChI is InChI=1S/C48H38O5/c49-27-29-52-36-24-19-32(20-25-36)47(41-13-5-1-9-37(41)38-10-2-6-14-42(38)47)34-21-26-46(53-30-28-50)45(31-34)48(33-17-22-35(51)23-18-33)43-15-7-3-11-39(43)40-12-4-8-16-44(40)48/h1-26,31,49-51H,27-30H2. The number of ether oxygens (including phenoxy) is 2. The molecule has 5 heteroatoms. The van der Waals surface area contributed by atoms with Gasteiger partial charge in [-0.15, -0.1) is 0 Å². The predicted octanol–water partition coefficient (Wildman–Crippen LogP) is 8.86. The molecule has 5 nitrogen and oxygen atoms in total. The molecule has 2 aliphatic carbocycles. The summed E-state index contributed by atoms with van der Waals surface area (Å²) in [6.07, 6.45) is 0. The minimum absolute atomic E-state index is 0.0606. The van der Waals surface area contributed by atoms with Crippen LogP contribution in [0.2, 0.25) is 0 Å². The van der Waals surface area contributed by atoms with E-state index >= 15 is 0 Å². The Morgan fingerprint density at radius 2 is 0.811 bits per heavy atom. The second kappa shape index (κ2) is 13.1. The number of hydrogen-bond donors (Lipinski definition) is 3. The fourth-order valence-corrected chi connectivity index (χ4v) is 9.03. The third-order valence-corrected chi connectivity index (χ3v) is 11.0. The van der Waals surface area contributed by atoms with Gasteiger partial charge in [0.2, 0.25) is 0 Å². The Hall–Kier alpha value is -6.14. The lowest BCUT2D eigenvalue weighted by molar-refractivity contribution is 0.199. The molecular weight excluding hydrogens is 657 g/mol. The average Bonchev–Trinajstić information content (AvgIpc) is 3.69. The summed E-state index contributed by atoms with van der Waals surface area (Å²) >= 11 is 0. The molecule has 2 aliphatic rings. The Morgan fingerprint density at radius 3 is 1.32 bits per heavy atom. The van der Waals surface area contributed by atoms with Gasteiger partial charge in [-0.3, -0.25) is 0 Å². The molecule has 0 spiro atoms. The molecule has 0 atom stereocenters. The number of benzene rings is 7. The van der Waals surface area contributed by atoms with Crippen LogP contribution >= 0.6 is 0 Å². The van der Waals surface area contributed by atoms with Crippen LogP contribution in [0.15, 0.2) is 164 Å². The third-order valence-electron chi connectivity index (χ3n) is 11.0. The largest absolute Gasteiger partial charge is 0.508 e. The summed E-state index contributed by atoms with van der Waals surface area (Å²) in [7, 11) is 0. The van der Waals surface area contributed by atoms with Crippen LogP contribution < -0.4 is 9.47 Å². The molecule has 0 saturated heterocycles. The van der Waals surface area contributed by atoms with E-state index in [-0.39, 0.29) is 32.2 Å². The molecule has 0 bridgehead atoms. The second-order valence-corrected chi connectivity index (χ2v) is 13.6. The van der Waals surface area contributed by atoms with Crippen molar-refractivity contribution in [2.24, 2.45) is 0 Å². The lowest BCUT2D eigenvalue weighted by atomic mass is 9.63. The minimum atomic E-state index is -0.831. The summed E-state index contributed by atoms with van der Waals surface area (Å²) in [6.45, 7) is 0.162. The van der Waals surface area contributed by atoms with Crippen molar-refractivity contribution in [1.82, 2.24) is 0 Å². The van der Waals surface area contributed by atoms with Crippen LogP contribution in [0.3, 0.4) is 0 Å². The molecule has 0 heterocycles. The quantitative estimate of drug-likeness (QED) is 0.133. The van der Waals surface area contributed by atoms with Crippen LogP contribution in [-0.4, -0.2) is 41.7 Å². The molecule has 0 saturated carbocycles. The van der Waals surface area contributed by atoms with Gasteiger partial charge >= 0.3 is 0 Å². The van der Waals surface area contributed by atoms with Crippen LogP contribution in [0, 0.1) is 0 Å². The summed E-state index contributed by atoms with van der Waals surface area (Å²) in [5.41, 5.74) is 11.7. The second-order valence-electron chi connectivity index (χ2n) is 13.6. The summed E-state index contributed by atoms with van der Waals surface area (Å²) in [5.74, 6) is 1.56. The van der Waals surface area contributed by atoms with Gasteiger partial charge in [0.1, 0.15) is 30.5 Å². The van der Waals surface area contributed by atoms with E-state index in [1.54, 1.807) is 12.1 Å². The van der Waals surface area contributed by atoms with Gasteiger partial charge in [0.05, 0.1) is 24.0 Å². The highest BCUT2D eigenvalue weighted by atomic mass is 16.5. The van der Waals surface area contributed by atoms with Gasteiger partial charge in [-0.1, -0.05) is 127 Å². The van der Waals surface area contributed by atoms with Gasteiger partial charge in [0, 0.05) is 5.56 Å². The monoisotopic (exact) mass is 694 g/mol. The van der Waals surface area contributed by atoms with Crippen LogP contribution in [0.25, 0.3) is 22.3 Å². The third kappa shape index (κ3) is 4.85. The summed E-state index contributed by atoms with van der Waals surface area (Å²) < 4.78 is 12.3. The SMILES string of the molecule is OCCOc1ccc(C2(c3ccc(OCCO)c(C4(c5ccc(O)cc5)c5ccccc5-c5ccccc54)c3)c3ccccc3-c3ccccc32)cc1. The number of fused-ring (bicyclic) bond motifs is 6. The molecule has 0 aliphatic heterocycles. The molecule has 7 aromatic carbocycles. The van der Waals surface area contributed by atoms with Crippen molar-refractivity contribution < 1.29 is 24.8 Å². The zero-order valence-corrected chi connectivity index (χ0v) is 29.1. The van der Waals surface area contributed by atoms with Crippen molar-refractivity contribution in [2.45, 2.75) is 10.8 Å². The van der Waals surface area contributed by atoms with Crippen molar-refractivity contribution in [2.75, 3.05) is 26.4 Å². The normalized spacial score (nSPS) is 14.2. The summed E-state index contributed by atoms with van der Waals surface area (Å²) in [6, 6.07) is 56.7. The first kappa shape index (κ1) is 32.7. The smallest absolute Gasteiger partial charge is 0.124 e. The van der Waals surface area contributed by atoms with E-state index in [1.807, 2.05) is 24.3 Å². The highest BCUT2D eigenvalue weighted by molar-refractivity contribution is 5.89. The molecule has 9 rings (SSSR count). The van der Waals surface area contributed by atoms with E-state index in [0.29, 0.717) is 11.5 Å². The number of aromatic hydroxyl groups is 1. The fraction of sp³-hybridized carbons (Fsp3) is 0.125. The number of aliphatic hydroxyl groups is 2. The maximum atomic E-state index is 10.5. The van der Waals surface area contributed by atoms with Crippen molar-refractivity contribution in [1.29, 1.82) is 0 Å². The zero-order valence-electron chi connectivity index (χ0n) is 29.1. The predicted molar refractivity (Wildman–Crippen MR) is 208 cm³/mol. The molecule has 0 fully saturated rings. The molecule has 260 valence electrons. The number of phenolic OH excluding ortho intramolecular Hbond substituents is 1. The van der Waals surface area contributed by atoms with E-state index in [9.17, 15) is 15.3 Å². The van der Waals surface area contributed by atoms with Gasteiger partial charge in [-0.2, -0.15) is 0 Å². The van der Waals surface area contributed by atoms with E-state index in [2.05, 4.69) is 127 Å². The molecule has 0 unspecified atom stereocenters. The lowest BCUT2D eigenvalue weighted by Crippen LogP contribution is -2.32. The lowest BCUT2D eigenvalue weighted by Gasteiger charge is -2.38. The van der Waals surface area contributed by atoms with Crippen molar-refractivity contribution in [3.8, 4) is 39.5 Å². The molecule has 7 aromatic rings. The number of aliphatic hydroxyl groups excluding tert-OH is 2. The Balaban J connectivity index is 1.40. The van der Waals surface area contributed by atoms with E-state index < -0.39 is 10.8 Å². The molecule has 53 heavy (non-hydrogen) atoms. The van der Waals surface area contributed by atoms with Gasteiger partial charge in [-0.25, -0.2) is 0 Å². The average molecular weight is 695 g/mol. The van der Waals surface area contributed by atoms with E-state index in [0.717, 1.165) is 44.5 Å². The fourth-order valence-electron chi connectivity index (χ4n) is 9.03. The number of rotatable bonds is 10. The van der Waals surface area contributed by atoms with Crippen LogP contribution in [0.1, 0.15) is 44.5 Å². The van der Waals surface area contributed by atoms with Crippen molar-refractivity contribution in [3.63, 3.8) is 0 Å². The van der Waals surface area contributed by atoms with E-state index in [1.165, 1.54) is 22.3 Å². The maximum absolute atomic E-state index is 10.5. The summed E-state index contributed by atoms with van der Waals surface area (Å²) in [5, 5.41) is 30.0. The maximum Gasteiger partial charge on any atom is 0.124 e. The topological polar surface area (TPSA) is 79.2 Å². The first-order valence-corrected chi connectivity index (χ1v) is 18.0. The molecule has 0 aromatic heterocycles. The van der Waals surface area contributed by atoms with Gasteiger partial charge in [0.25, 0.3) is 0 Å². The van der Waals surface area contributed by atoms with Crippen molar-refractivity contribution in [3.05, 3.63) is 208 Å². The molecule has 0 radical (unpaired) electrons. The Morgan fingerprint density at radius 1 is 0.396 bits per heavy atom. The van der Waals surface area contributed by atoms with E-state index in [4.69, 9.17) is 9.47 Å². The minimum Gasteiger partial charge on any atom is -0.508 e. The number of hydrogen-bond acceptors (Lipinski definition) is 5. The van der Waals surface area contributed by atoms with Gasteiger partial charge in [-0.05, 0) is 97.6 Å². The summed E-state index contributed by atoms with van der Waals surface area (Å²) in [4.78, 5) is 0. The molecular formula is C48H38O5. The highest BCUT2D eigenvalue weighted by Gasteiger charge is 2.50. The van der Waals surface area contributed by atoms with Crippen LogP contribution in [0.5, 0.6) is 17.2 Å².